The lowest BCUT2D eigenvalue weighted by Crippen LogP contribution is -2.39. The molecule has 1 saturated heterocycles. The van der Waals surface area contributed by atoms with Crippen molar-refractivity contribution >= 4 is 33.2 Å². The minimum absolute atomic E-state index is 0.0301. The van der Waals surface area contributed by atoms with Crippen LogP contribution >= 0.6 is 27.3 Å². The van der Waals surface area contributed by atoms with Crippen LogP contribution in [0.25, 0.3) is 0 Å². The molecule has 0 bridgehead atoms. The van der Waals surface area contributed by atoms with E-state index in [1.54, 1.807) is 11.3 Å². The van der Waals surface area contributed by atoms with Crippen molar-refractivity contribution < 1.29 is 14.3 Å². The third kappa shape index (κ3) is 3.62. The fourth-order valence-electron chi connectivity index (χ4n) is 3.68. The second kappa shape index (κ2) is 6.43. The van der Waals surface area contributed by atoms with Crippen molar-refractivity contribution in [1.82, 2.24) is 10.3 Å². The van der Waals surface area contributed by atoms with E-state index in [-0.39, 0.29) is 12.6 Å². The van der Waals surface area contributed by atoms with Gasteiger partial charge >= 0.3 is 5.97 Å². The predicted molar refractivity (Wildman–Crippen MR) is 92.4 cm³/mol. The average molecular weight is 403 g/mol. The van der Waals surface area contributed by atoms with Gasteiger partial charge in [-0.2, -0.15) is 0 Å². The number of fused-ring (bicyclic) bond motifs is 1. The zero-order valence-corrected chi connectivity index (χ0v) is 16.1. The van der Waals surface area contributed by atoms with E-state index < -0.39 is 11.2 Å². The predicted octanol–water partition coefficient (Wildman–Crippen LogP) is 3.09. The highest BCUT2D eigenvalue weighted by Gasteiger charge is 2.54. The van der Waals surface area contributed by atoms with E-state index in [9.17, 15) is 4.79 Å². The standard InChI is InChI=1S/C16H23BrN2O3S/c1-15(2,3)22-13(20)8-21-16(14-19-12(17)9-23-14)5-4-10-6-18-7-11(10)16/h9-11,18H,4-8H2,1-3H3. The Bertz CT molecular complexity index is 586. The SMILES string of the molecule is CC(C)(C)OC(=O)COC1(c2nc(Br)cs2)CCC2CNCC21. The van der Waals surface area contributed by atoms with Gasteiger partial charge in [-0.1, -0.05) is 0 Å². The third-order valence-electron chi connectivity index (χ3n) is 4.53. The van der Waals surface area contributed by atoms with E-state index in [0.29, 0.717) is 11.8 Å². The van der Waals surface area contributed by atoms with Crippen LogP contribution in [0.1, 0.15) is 38.6 Å². The van der Waals surface area contributed by atoms with Gasteiger partial charge < -0.3 is 14.8 Å². The Kier molecular flexibility index (Phi) is 4.84. The number of hydrogen-bond acceptors (Lipinski definition) is 6. The van der Waals surface area contributed by atoms with Crippen LogP contribution in [0, 0.1) is 11.8 Å². The molecule has 1 aliphatic heterocycles. The van der Waals surface area contributed by atoms with Crippen molar-refractivity contribution in [3.63, 3.8) is 0 Å². The number of aromatic nitrogens is 1. The number of rotatable bonds is 4. The van der Waals surface area contributed by atoms with Crippen LogP contribution < -0.4 is 5.32 Å². The highest BCUT2D eigenvalue weighted by atomic mass is 79.9. The van der Waals surface area contributed by atoms with Crippen molar-refractivity contribution in [3.8, 4) is 0 Å². The zero-order valence-electron chi connectivity index (χ0n) is 13.7. The molecule has 1 aromatic rings. The number of thiazole rings is 1. The molecule has 3 unspecified atom stereocenters. The highest BCUT2D eigenvalue weighted by molar-refractivity contribution is 9.10. The van der Waals surface area contributed by atoms with E-state index in [4.69, 9.17) is 9.47 Å². The van der Waals surface area contributed by atoms with E-state index in [0.717, 1.165) is 35.5 Å². The molecule has 2 heterocycles. The lowest BCUT2D eigenvalue weighted by molar-refractivity contribution is -0.170. The lowest BCUT2D eigenvalue weighted by atomic mass is 9.88. The van der Waals surface area contributed by atoms with Crippen LogP contribution in [0.4, 0.5) is 0 Å². The van der Waals surface area contributed by atoms with Crippen molar-refractivity contribution in [3.05, 3.63) is 15.0 Å². The fraction of sp³-hybridized carbons (Fsp3) is 0.750. The first-order valence-electron chi connectivity index (χ1n) is 7.98. The highest BCUT2D eigenvalue weighted by Crippen LogP contribution is 2.52. The Morgan fingerprint density at radius 2 is 2.30 bits per heavy atom. The molecule has 1 aliphatic carbocycles. The summed E-state index contributed by atoms with van der Waals surface area (Å²) in [6.45, 7) is 7.50. The summed E-state index contributed by atoms with van der Waals surface area (Å²) in [5.41, 5.74) is -0.966. The van der Waals surface area contributed by atoms with Crippen LogP contribution in [-0.2, 0) is 19.9 Å². The zero-order chi connectivity index (χ0) is 16.7. The van der Waals surface area contributed by atoms with Gasteiger partial charge in [-0.15, -0.1) is 11.3 Å². The second-order valence-electron chi connectivity index (χ2n) is 7.30. The molecule has 2 fully saturated rings. The summed E-state index contributed by atoms with van der Waals surface area (Å²) in [6.07, 6.45) is 2.01. The number of esters is 1. The quantitative estimate of drug-likeness (QED) is 0.783. The molecule has 23 heavy (non-hydrogen) atoms. The van der Waals surface area contributed by atoms with Gasteiger partial charge in [-0.05, 0) is 62.0 Å². The van der Waals surface area contributed by atoms with Crippen molar-refractivity contribution in [2.75, 3.05) is 19.7 Å². The normalized spacial score (nSPS) is 30.4. The van der Waals surface area contributed by atoms with Gasteiger partial charge in [0.1, 0.15) is 27.4 Å². The first-order valence-corrected chi connectivity index (χ1v) is 9.65. The van der Waals surface area contributed by atoms with Gasteiger partial charge in [0, 0.05) is 17.8 Å². The van der Waals surface area contributed by atoms with Gasteiger partial charge in [0.2, 0.25) is 0 Å². The first kappa shape index (κ1) is 17.3. The van der Waals surface area contributed by atoms with Gasteiger partial charge in [-0.3, -0.25) is 0 Å². The molecular formula is C16H23BrN2O3S. The molecule has 1 saturated carbocycles. The third-order valence-corrected chi connectivity index (χ3v) is 6.24. The summed E-state index contributed by atoms with van der Waals surface area (Å²) in [7, 11) is 0. The molecule has 7 heteroatoms. The number of nitrogens with one attached hydrogen (secondary N) is 1. The topological polar surface area (TPSA) is 60.5 Å². The summed E-state index contributed by atoms with van der Waals surface area (Å²) >= 11 is 5.03. The van der Waals surface area contributed by atoms with Gasteiger partial charge in [0.15, 0.2) is 0 Å². The van der Waals surface area contributed by atoms with E-state index in [2.05, 4.69) is 26.2 Å². The van der Waals surface area contributed by atoms with E-state index in [1.807, 2.05) is 26.2 Å². The van der Waals surface area contributed by atoms with Gasteiger partial charge in [-0.25, -0.2) is 9.78 Å². The van der Waals surface area contributed by atoms with Crippen LogP contribution in [0.15, 0.2) is 9.98 Å². The average Bonchev–Trinajstić information content (AvgIpc) is 3.11. The van der Waals surface area contributed by atoms with Gasteiger partial charge in [0.25, 0.3) is 0 Å². The van der Waals surface area contributed by atoms with Crippen molar-refractivity contribution in [2.24, 2.45) is 11.8 Å². The summed E-state index contributed by atoms with van der Waals surface area (Å²) in [4.78, 5) is 16.7. The lowest BCUT2D eigenvalue weighted by Gasteiger charge is -2.33. The first-order chi connectivity index (χ1) is 10.8. The van der Waals surface area contributed by atoms with Gasteiger partial charge in [0.05, 0.1) is 0 Å². The molecule has 1 aromatic heterocycles. The smallest absolute Gasteiger partial charge is 0.332 e. The van der Waals surface area contributed by atoms with E-state index in [1.165, 1.54) is 0 Å². The second-order valence-corrected chi connectivity index (χ2v) is 8.97. The maximum atomic E-state index is 12.1. The fourth-order valence-corrected chi connectivity index (χ4v) is 5.18. The molecule has 5 nitrogen and oxygen atoms in total. The summed E-state index contributed by atoms with van der Waals surface area (Å²) in [5, 5.41) is 6.39. The van der Waals surface area contributed by atoms with Crippen molar-refractivity contribution in [1.29, 1.82) is 0 Å². The number of halogens is 1. The van der Waals surface area contributed by atoms with E-state index >= 15 is 0 Å². The van der Waals surface area contributed by atoms with Crippen LogP contribution in [-0.4, -0.2) is 36.3 Å². The Morgan fingerprint density at radius 3 is 2.96 bits per heavy atom. The Balaban J connectivity index is 1.78. The Morgan fingerprint density at radius 1 is 1.52 bits per heavy atom. The number of hydrogen-bond donors (Lipinski definition) is 1. The summed E-state index contributed by atoms with van der Waals surface area (Å²) in [5.74, 6) is 0.640. The van der Waals surface area contributed by atoms with Crippen LogP contribution in [0.2, 0.25) is 0 Å². The maximum absolute atomic E-state index is 12.1. The summed E-state index contributed by atoms with van der Waals surface area (Å²) < 4.78 is 12.4. The monoisotopic (exact) mass is 402 g/mol. The molecule has 0 spiro atoms. The van der Waals surface area contributed by atoms with Crippen LogP contribution in [0.5, 0.6) is 0 Å². The molecule has 128 valence electrons. The number of carbonyl (C=O) groups excluding carboxylic acids is 1. The molecule has 0 radical (unpaired) electrons. The summed E-state index contributed by atoms with van der Waals surface area (Å²) in [6, 6.07) is 0. The number of ether oxygens (including phenoxy) is 2. The Hall–Kier alpha value is -0.500. The molecule has 0 amide bonds. The van der Waals surface area contributed by atoms with Crippen molar-refractivity contribution in [2.45, 2.75) is 44.8 Å². The minimum Gasteiger partial charge on any atom is -0.458 e. The molecule has 1 N–H and O–H groups in total. The number of nitrogens with zero attached hydrogens (tertiary/aromatic N) is 1. The molecule has 3 rings (SSSR count). The Labute approximate surface area is 149 Å². The maximum Gasteiger partial charge on any atom is 0.332 e. The molecule has 0 aromatic carbocycles. The molecule has 3 atom stereocenters. The number of carbonyl (C=O) groups is 1. The molecule has 2 aliphatic rings. The minimum atomic E-state index is -0.495. The van der Waals surface area contributed by atoms with Crippen LogP contribution in [0.3, 0.4) is 0 Å². The molecular weight excluding hydrogens is 380 g/mol. The largest absolute Gasteiger partial charge is 0.458 e.